The largest absolute Gasteiger partial charge is 0.480 e. The van der Waals surface area contributed by atoms with Gasteiger partial charge in [-0.2, -0.15) is 0 Å². The molecular formula is C11H12N2O2. The highest BCUT2D eigenvalue weighted by atomic mass is 16.4. The lowest BCUT2D eigenvalue weighted by Gasteiger charge is -2.03. The zero-order valence-electron chi connectivity index (χ0n) is 8.34. The van der Waals surface area contributed by atoms with Crippen molar-refractivity contribution in [3.8, 4) is 0 Å². The molecular weight excluding hydrogens is 192 g/mol. The Morgan fingerprint density at radius 3 is 2.80 bits per heavy atom. The van der Waals surface area contributed by atoms with Gasteiger partial charge in [0, 0.05) is 29.7 Å². The van der Waals surface area contributed by atoms with Crippen molar-refractivity contribution in [1.82, 2.24) is 4.57 Å². The molecule has 0 aliphatic rings. The summed E-state index contributed by atoms with van der Waals surface area (Å²) in [5.41, 5.74) is 7.25. The van der Waals surface area contributed by atoms with Crippen LogP contribution in [0.1, 0.15) is 11.6 Å². The van der Waals surface area contributed by atoms with Crippen molar-refractivity contribution in [3.63, 3.8) is 0 Å². The monoisotopic (exact) mass is 204 g/mol. The number of para-hydroxylation sites is 1. The molecule has 2 aromatic rings. The maximum Gasteiger partial charge on any atom is 0.325 e. The SMILES string of the molecule is Cn1cc([C@H](N)C(=O)O)c2ccccc21. The second-order valence-electron chi connectivity index (χ2n) is 3.53. The fourth-order valence-electron chi connectivity index (χ4n) is 1.75. The van der Waals surface area contributed by atoms with Crippen LogP contribution in [0.25, 0.3) is 10.9 Å². The van der Waals surface area contributed by atoms with Crippen LogP contribution in [0.2, 0.25) is 0 Å². The van der Waals surface area contributed by atoms with E-state index < -0.39 is 12.0 Å². The minimum Gasteiger partial charge on any atom is -0.480 e. The van der Waals surface area contributed by atoms with Crippen LogP contribution in [0.3, 0.4) is 0 Å². The maximum atomic E-state index is 10.8. The van der Waals surface area contributed by atoms with Gasteiger partial charge in [-0.1, -0.05) is 18.2 Å². The van der Waals surface area contributed by atoms with Crippen LogP contribution in [0, 0.1) is 0 Å². The fourth-order valence-corrected chi connectivity index (χ4v) is 1.75. The van der Waals surface area contributed by atoms with Crippen LogP contribution in [0.5, 0.6) is 0 Å². The predicted molar refractivity (Wildman–Crippen MR) is 57.5 cm³/mol. The number of carboxylic acids is 1. The number of hydrogen-bond acceptors (Lipinski definition) is 2. The lowest BCUT2D eigenvalue weighted by Crippen LogP contribution is -2.20. The average molecular weight is 204 g/mol. The summed E-state index contributed by atoms with van der Waals surface area (Å²) in [5, 5.41) is 9.77. The van der Waals surface area contributed by atoms with Gasteiger partial charge in [-0.25, -0.2) is 0 Å². The van der Waals surface area contributed by atoms with Crippen molar-refractivity contribution in [3.05, 3.63) is 36.0 Å². The highest BCUT2D eigenvalue weighted by molar-refractivity contribution is 5.89. The zero-order chi connectivity index (χ0) is 11.0. The molecule has 78 valence electrons. The molecule has 1 aromatic heterocycles. The first-order valence-corrected chi connectivity index (χ1v) is 4.63. The number of carbonyl (C=O) groups is 1. The second-order valence-corrected chi connectivity index (χ2v) is 3.53. The number of rotatable bonds is 2. The highest BCUT2D eigenvalue weighted by Gasteiger charge is 2.18. The highest BCUT2D eigenvalue weighted by Crippen LogP contribution is 2.24. The molecule has 0 aliphatic heterocycles. The van der Waals surface area contributed by atoms with E-state index in [1.165, 1.54) is 0 Å². The summed E-state index contributed by atoms with van der Waals surface area (Å²) < 4.78 is 1.88. The van der Waals surface area contributed by atoms with E-state index >= 15 is 0 Å². The molecule has 0 saturated carbocycles. The number of nitrogens with two attached hydrogens (primary N) is 1. The smallest absolute Gasteiger partial charge is 0.325 e. The summed E-state index contributed by atoms with van der Waals surface area (Å²) in [5.74, 6) is -1.01. The first-order valence-electron chi connectivity index (χ1n) is 4.63. The molecule has 0 bridgehead atoms. The first kappa shape index (κ1) is 9.73. The van der Waals surface area contributed by atoms with Crippen LogP contribution in [0.4, 0.5) is 0 Å². The van der Waals surface area contributed by atoms with E-state index in [0.29, 0.717) is 5.56 Å². The van der Waals surface area contributed by atoms with Crippen molar-refractivity contribution in [2.45, 2.75) is 6.04 Å². The molecule has 0 spiro atoms. The number of hydrogen-bond donors (Lipinski definition) is 2. The van der Waals surface area contributed by atoms with Crippen molar-refractivity contribution >= 4 is 16.9 Å². The van der Waals surface area contributed by atoms with Crippen molar-refractivity contribution in [2.75, 3.05) is 0 Å². The Balaban J connectivity index is 2.67. The molecule has 0 unspecified atom stereocenters. The van der Waals surface area contributed by atoms with Crippen molar-refractivity contribution < 1.29 is 9.90 Å². The Bertz CT molecular complexity index is 516. The molecule has 0 fully saturated rings. The van der Waals surface area contributed by atoms with Crippen LogP contribution in [-0.4, -0.2) is 15.6 Å². The number of benzene rings is 1. The molecule has 0 radical (unpaired) electrons. The third-order valence-electron chi connectivity index (χ3n) is 2.53. The van der Waals surface area contributed by atoms with E-state index in [1.54, 1.807) is 6.20 Å². The molecule has 1 heterocycles. The average Bonchev–Trinajstić information content (AvgIpc) is 2.56. The van der Waals surface area contributed by atoms with Gasteiger partial charge in [0.15, 0.2) is 0 Å². The summed E-state index contributed by atoms with van der Waals surface area (Å²) in [6, 6.07) is 6.65. The van der Waals surface area contributed by atoms with Gasteiger partial charge < -0.3 is 15.4 Å². The third kappa shape index (κ3) is 1.49. The lowest BCUT2D eigenvalue weighted by atomic mass is 10.1. The predicted octanol–water partition coefficient (Wildman–Crippen LogP) is 1.26. The summed E-state index contributed by atoms with van der Waals surface area (Å²) in [7, 11) is 1.88. The topological polar surface area (TPSA) is 68.2 Å². The molecule has 0 aliphatic carbocycles. The van der Waals surface area contributed by atoms with E-state index in [9.17, 15) is 4.79 Å². The molecule has 1 aromatic carbocycles. The zero-order valence-corrected chi connectivity index (χ0v) is 8.34. The van der Waals surface area contributed by atoms with E-state index in [4.69, 9.17) is 10.8 Å². The number of aryl methyl sites for hydroxylation is 1. The number of nitrogens with zero attached hydrogens (tertiary/aromatic N) is 1. The maximum absolute atomic E-state index is 10.8. The van der Waals surface area contributed by atoms with Crippen molar-refractivity contribution in [1.29, 1.82) is 0 Å². The van der Waals surface area contributed by atoms with Gasteiger partial charge in [0.1, 0.15) is 6.04 Å². The van der Waals surface area contributed by atoms with E-state index in [-0.39, 0.29) is 0 Å². The number of carboxylic acid groups (broad SMARTS) is 1. The molecule has 4 nitrogen and oxygen atoms in total. The fraction of sp³-hybridized carbons (Fsp3) is 0.182. The Morgan fingerprint density at radius 2 is 2.13 bits per heavy atom. The van der Waals surface area contributed by atoms with Gasteiger partial charge in [-0.3, -0.25) is 4.79 Å². The molecule has 4 heteroatoms. The van der Waals surface area contributed by atoms with Gasteiger partial charge in [0.25, 0.3) is 0 Å². The van der Waals surface area contributed by atoms with E-state index in [0.717, 1.165) is 10.9 Å². The second kappa shape index (κ2) is 3.40. The third-order valence-corrected chi connectivity index (χ3v) is 2.53. The van der Waals surface area contributed by atoms with Gasteiger partial charge >= 0.3 is 5.97 Å². The number of fused-ring (bicyclic) bond motifs is 1. The van der Waals surface area contributed by atoms with Gasteiger partial charge in [-0.15, -0.1) is 0 Å². The lowest BCUT2D eigenvalue weighted by molar-refractivity contribution is -0.138. The van der Waals surface area contributed by atoms with Crippen LogP contribution >= 0.6 is 0 Å². The Kier molecular flexibility index (Phi) is 2.21. The molecule has 1 atom stereocenters. The first-order chi connectivity index (χ1) is 7.11. The normalized spacial score (nSPS) is 12.9. The Labute approximate surface area is 86.9 Å². The minimum absolute atomic E-state index is 0.653. The molecule has 2 rings (SSSR count). The summed E-state index contributed by atoms with van der Waals surface area (Å²) in [6.45, 7) is 0. The van der Waals surface area contributed by atoms with Gasteiger partial charge in [0.05, 0.1) is 0 Å². The molecule has 15 heavy (non-hydrogen) atoms. The van der Waals surface area contributed by atoms with Crippen LogP contribution in [0.15, 0.2) is 30.5 Å². The Hall–Kier alpha value is -1.81. The van der Waals surface area contributed by atoms with Crippen molar-refractivity contribution in [2.24, 2.45) is 12.8 Å². The standard InChI is InChI=1S/C11H12N2O2/c1-13-6-8(10(12)11(14)15)7-4-2-3-5-9(7)13/h2-6,10H,12H2,1H3,(H,14,15)/t10-/m0/s1. The Morgan fingerprint density at radius 1 is 1.47 bits per heavy atom. The number of aliphatic carboxylic acids is 1. The summed E-state index contributed by atoms with van der Waals surface area (Å²) in [4.78, 5) is 10.8. The summed E-state index contributed by atoms with van der Waals surface area (Å²) in [6.07, 6.45) is 1.77. The van der Waals surface area contributed by atoms with Gasteiger partial charge in [-0.05, 0) is 6.07 Å². The minimum atomic E-state index is -1.01. The molecule has 3 N–H and O–H groups in total. The summed E-state index contributed by atoms with van der Waals surface area (Å²) >= 11 is 0. The van der Waals surface area contributed by atoms with Gasteiger partial charge in [0.2, 0.25) is 0 Å². The quantitative estimate of drug-likeness (QED) is 0.773. The molecule has 0 saturated heterocycles. The van der Waals surface area contributed by atoms with E-state index in [2.05, 4.69) is 0 Å². The van der Waals surface area contributed by atoms with E-state index in [1.807, 2.05) is 35.9 Å². The van der Waals surface area contributed by atoms with Crippen LogP contribution < -0.4 is 5.73 Å². The molecule has 0 amide bonds. The van der Waals surface area contributed by atoms with Crippen LogP contribution in [-0.2, 0) is 11.8 Å². The number of aromatic nitrogens is 1.